The summed E-state index contributed by atoms with van der Waals surface area (Å²) in [7, 11) is -3.51. The van der Waals surface area contributed by atoms with E-state index in [9.17, 15) is 17.2 Å². The summed E-state index contributed by atoms with van der Waals surface area (Å²) in [6.45, 7) is 1.53. The second-order valence-electron chi connectivity index (χ2n) is 5.57. The molecule has 0 bridgehead atoms. The first-order valence-electron chi connectivity index (χ1n) is 7.01. The van der Waals surface area contributed by atoms with Crippen LogP contribution in [0, 0.1) is 5.82 Å². The molecule has 1 atom stereocenters. The number of allylic oxidation sites excluding steroid dienone is 2. The van der Waals surface area contributed by atoms with E-state index in [2.05, 4.69) is 4.72 Å². The summed E-state index contributed by atoms with van der Waals surface area (Å²) in [5.41, 5.74) is 1.75. The second kappa shape index (κ2) is 5.45. The molecule has 0 saturated heterocycles. The molecule has 3 nitrogen and oxygen atoms in total. The molecule has 1 N–H and O–H groups in total. The van der Waals surface area contributed by atoms with Crippen LogP contribution in [0.4, 0.5) is 14.5 Å². The van der Waals surface area contributed by atoms with Crippen molar-refractivity contribution in [3.63, 3.8) is 0 Å². The molecule has 1 unspecified atom stereocenters. The lowest BCUT2D eigenvalue weighted by Crippen LogP contribution is -2.13. The van der Waals surface area contributed by atoms with Gasteiger partial charge in [0.15, 0.2) is 0 Å². The lowest BCUT2D eigenvalue weighted by atomic mass is 9.91. The minimum Gasteiger partial charge on any atom is -0.283 e. The number of anilines is 1. The van der Waals surface area contributed by atoms with Crippen molar-refractivity contribution in [2.24, 2.45) is 0 Å². The van der Waals surface area contributed by atoms with Gasteiger partial charge in [0, 0.05) is 5.56 Å². The zero-order chi connectivity index (χ0) is 16.8. The van der Waals surface area contributed by atoms with Crippen LogP contribution in [0.3, 0.4) is 0 Å². The van der Waals surface area contributed by atoms with Crippen LogP contribution in [0.2, 0.25) is 0 Å². The molecule has 2 aromatic carbocycles. The Morgan fingerprint density at radius 2 is 1.65 bits per heavy atom. The molecule has 0 saturated carbocycles. The Balaban J connectivity index is 2.20. The lowest BCUT2D eigenvalue weighted by Gasteiger charge is -2.17. The van der Waals surface area contributed by atoms with Crippen LogP contribution < -0.4 is 4.72 Å². The van der Waals surface area contributed by atoms with Crippen molar-refractivity contribution >= 4 is 21.3 Å². The quantitative estimate of drug-likeness (QED) is 0.920. The van der Waals surface area contributed by atoms with E-state index < -0.39 is 27.6 Å². The topological polar surface area (TPSA) is 46.2 Å². The zero-order valence-electron chi connectivity index (χ0n) is 12.6. The highest BCUT2D eigenvalue weighted by Crippen LogP contribution is 2.48. The maximum absolute atomic E-state index is 14.8. The normalized spacial score (nSPS) is 17.3. The van der Waals surface area contributed by atoms with E-state index in [1.807, 2.05) is 0 Å². The van der Waals surface area contributed by atoms with Crippen LogP contribution in [0.5, 0.6) is 0 Å². The molecule has 3 rings (SSSR count). The first-order chi connectivity index (χ1) is 10.8. The number of benzene rings is 2. The summed E-state index contributed by atoms with van der Waals surface area (Å²) < 4.78 is 54.3. The van der Waals surface area contributed by atoms with E-state index in [0.717, 1.165) is 6.26 Å². The van der Waals surface area contributed by atoms with E-state index in [4.69, 9.17) is 0 Å². The van der Waals surface area contributed by atoms with Gasteiger partial charge < -0.3 is 0 Å². The van der Waals surface area contributed by atoms with E-state index >= 15 is 0 Å². The molecule has 120 valence electrons. The number of halogens is 2. The number of hydrogen-bond acceptors (Lipinski definition) is 2. The number of rotatable bonds is 3. The lowest BCUT2D eigenvalue weighted by molar-refractivity contribution is 0.590. The molecule has 1 aliphatic rings. The zero-order valence-corrected chi connectivity index (χ0v) is 13.4. The smallest absolute Gasteiger partial charge is 0.229 e. The highest BCUT2D eigenvalue weighted by molar-refractivity contribution is 7.92. The van der Waals surface area contributed by atoms with Gasteiger partial charge in [0.05, 0.1) is 17.9 Å². The van der Waals surface area contributed by atoms with Gasteiger partial charge in [-0.05, 0) is 35.8 Å². The number of sulfonamides is 1. The minimum atomic E-state index is -3.51. The summed E-state index contributed by atoms with van der Waals surface area (Å²) in [4.78, 5) is 0. The van der Waals surface area contributed by atoms with Gasteiger partial charge in [-0.15, -0.1) is 0 Å². The van der Waals surface area contributed by atoms with Crippen LogP contribution in [-0.2, 0) is 10.0 Å². The van der Waals surface area contributed by atoms with Gasteiger partial charge in [0.1, 0.15) is 11.6 Å². The standard InChI is InChI=1S/C17H15F2NO2S/c1-10-15-12(7-5-8-13(15)18)16(17(10)19)11-6-3-4-9-14(11)20-23(2,21)22/h3-9,16,20H,1-2H3. The molecule has 0 heterocycles. The number of fused-ring (bicyclic) bond motifs is 1. The van der Waals surface area contributed by atoms with Crippen molar-refractivity contribution < 1.29 is 17.2 Å². The Hall–Kier alpha value is -2.21. The SMILES string of the molecule is CC1=C(F)C(c2ccccc2NS(C)(=O)=O)c2cccc(F)c21. The van der Waals surface area contributed by atoms with E-state index in [0.29, 0.717) is 16.8 Å². The second-order valence-corrected chi connectivity index (χ2v) is 7.32. The summed E-state index contributed by atoms with van der Waals surface area (Å²) in [6, 6.07) is 11.0. The number of hydrogen-bond donors (Lipinski definition) is 1. The average Bonchev–Trinajstić information content (AvgIpc) is 2.71. The Morgan fingerprint density at radius 3 is 2.35 bits per heavy atom. The molecule has 1 aliphatic carbocycles. The fourth-order valence-corrected chi connectivity index (χ4v) is 3.58. The van der Waals surface area contributed by atoms with Crippen molar-refractivity contribution in [2.45, 2.75) is 12.8 Å². The largest absolute Gasteiger partial charge is 0.283 e. The van der Waals surface area contributed by atoms with Gasteiger partial charge >= 0.3 is 0 Å². The number of nitrogens with one attached hydrogen (secondary N) is 1. The molecule has 0 aromatic heterocycles. The molecule has 23 heavy (non-hydrogen) atoms. The van der Waals surface area contributed by atoms with Gasteiger partial charge in [0.25, 0.3) is 0 Å². The van der Waals surface area contributed by atoms with E-state index in [1.54, 1.807) is 30.3 Å². The van der Waals surface area contributed by atoms with E-state index in [-0.39, 0.29) is 11.1 Å². The number of para-hydroxylation sites is 1. The Morgan fingerprint density at radius 1 is 1.00 bits per heavy atom. The highest BCUT2D eigenvalue weighted by atomic mass is 32.2. The average molecular weight is 335 g/mol. The summed E-state index contributed by atoms with van der Waals surface area (Å²) >= 11 is 0. The van der Waals surface area contributed by atoms with Crippen LogP contribution in [0.25, 0.3) is 5.57 Å². The first kappa shape index (κ1) is 15.7. The van der Waals surface area contributed by atoms with Gasteiger partial charge in [-0.3, -0.25) is 4.72 Å². The fourth-order valence-electron chi connectivity index (χ4n) is 2.99. The Bertz CT molecular complexity index is 920. The molecule has 0 fully saturated rings. The monoisotopic (exact) mass is 335 g/mol. The maximum atomic E-state index is 14.8. The van der Waals surface area contributed by atoms with Crippen molar-refractivity contribution in [1.82, 2.24) is 0 Å². The van der Waals surface area contributed by atoms with Crippen LogP contribution in [0.1, 0.15) is 29.5 Å². The summed E-state index contributed by atoms with van der Waals surface area (Å²) in [5, 5.41) is 0. The van der Waals surface area contributed by atoms with Crippen LogP contribution in [-0.4, -0.2) is 14.7 Å². The molecule has 0 aliphatic heterocycles. The van der Waals surface area contributed by atoms with Crippen molar-refractivity contribution in [3.8, 4) is 0 Å². The third-order valence-corrected chi connectivity index (χ3v) is 4.50. The van der Waals surface area contributed by atoms with Gasteiger partial charge in [-0.1, -0.05) is 30.3 Å². The fraction of sp³-hybridized carbons (Fsp3) is 0.176. The Labute approximate surface area is 133 Å². The molecule has 0 spiro atoms. The van der Waals surface area contributed by atoms with Gasteiger partial charge in [-0.2, -0.15) is 0 Å². The molecule has 0 radical (unpaired) electrons. The molecule has 0 amide bonds. The van der Waals surface area contributed by atoms with Crippen LogP contribution >= 0.6 is 0 Å². The predicted octanol–water partition coefficient (Wildman–Crippen LogP) is 4.04. The van der Waals surface area contributed by atoms with Crippen molar-refractivity contribution in [1.29, 1.82) is 0 Å². The van der Waals surface area contributed by atoms with Gasteiger partial charge in [0.2, 0.25) is 10.0 Å². The van der Waals surface area contributed by atoms with Crippen molar-refractivity contribution in [2.75, 3.05) is 11.0 Å². The van der Waals surface area contributed by atoms with Crippen molar-refractivity contribution in [3.05, 3.63) is 70.8 Å². The molecular weight excluding hydrogens is 320 g/mol. The predicted molar refractivity (Wildman–Crippen MR) is 86.9 cm³/mol. The third kappa shape index (κ3) is 2.74. The maximum Gasteiger partial charge on any atom is 0.229 e. The summed E-state index contributed by atoms with van der Waals surface area (Å²) in [6.07, 6.45) is 1.03. The highest BCUT2D eigenvalue weighted by Gasteiger charge is 2.34. The van der Waals surface area contributed by atoms with E-state index in [1.165, 1.54) is 19.1 Å². The van der Waals surface area contributed by atoms with Gasteiger partial charge in [-0.25, -0.2) is 17.2 Å². The molecular formula is C17H15F2NO2S. The third-order valence-electron chi connectivity index (χ3n) is 3.91. The first-order valence-corrected chi connectivity index (χ1v) is 8.90. The van der Waals surface area contributed by atoms with Crippen LogP contribution in [0.15, 0.2) is 48.3 Å². The minimum absolute atomic E-state index is 0.247. The summed E-state index contributed by atoms with van der Waals surface area (Å²) in [5.74, 6) is -1.76. The Kier molecular flexibility index (Phi) is 3.72. The molecule has 6 heteroatoms. The molecule has 2 aromatic rings.